The molecule has 1 N–H and O–H groups in total. The molecule has 0 spiro atoms. The molecule has 0 radical (unpaired) electrons. The molecular weight excluding hydrogens is 302 g/mol. The Morgan fingerprint density at radius 2 is 2.10 bits per heavy atom. The number of nitrogens with one attached hydrogen (secondary N) is 1. The largest absolute Gasteiger partial charge is 0.305 e. The molecule has 110 valence electrons. The van der Waals surface area contributed by atoms with Crippen molar-refractivity contribution in [1.82, 2.24) is 14.7 Å². The lowest BCUT2D eigenvalue weighted by Crippen LogP contribution is -2.20. The zero-order chi connectivity index (χ0) is 15.0. The molecule has 0 saturated carbocycles. The monoisotopic (exact) mass is 319 g/mol. The van der Waals surface area contributed by atoms with E-state index in [0.717, 1.165) is 27.8 Å². The van der Waals surface area contributed by atoms with Gasteiger partial charge in [-0.15, -0.1) is 11.3 Å². The van der Waals surface area contributed by atoms with Gasteiger partial charge < -0.3 is 5.32 Å². The minimum atomic E-state index is 0.197. The molecule has 0 amide bonds. The average Bonchev–Trinajstić information content (AvgIpc) is 2.96. The van der Waals surface area contributed by atoms with Gasteiger partial charge in [0.15, 0.2) is 4.96 Å². The molecule has 0 aliphatic rings. The van der Waals surface area contributed by atoms with E-state index < -0.39 is 0 Å². The van der Waals surface area contributed by atoms with Gasteiger partial charge in [-0.3, -0.25) is 4.40 Å². The second-order valence-corrected chi connectivity index (χ2v) is 6.51. The molecule has 3 rings (SSSR count). The second-order valence-electron chi connectivity index (χ2n) is 5.26. The number of fused-ring (bicyclic) bond motifs is 1. The molecule has 3 aromatic rings. The molecule has 0 bridgehead atoms. The molecule has 0 saturated heterocycles. The summed E-state index contributed by atoms with van der Waals surface area (Å²) >= 11 is 7.94. The standard InChI is InChI=1S/C16H18ClN3S/c1-10-9-21-16-19-12(3)15(20(10)16)8-18-11(2)13-6-4-5-7-14(13)17/h4-7,9,11,18H,8H2,1-3H3/t11-/m0/s1. The van der Waals surface area contributed by atoms with E-state index in [1.165, 1.54) is 11.4 Å². The van der Waals surface area contributed by atoms with Crippen molar-refractivity contribution in [2.24, 2.45) is 0 Å². The molecule has 0 fully saturated rings. The van der Waals surface area contributed by atoms with Gasteiger partial charge >= 0.3 is 0 Å². The Morgan fingerprint density at radius 1 is 1.33 bits per heavy atom. The van der Waals surface area contributed by atoms with Gasteiger partial charge in [0, 0.05) is 28.7 Å². The fraction of sp³-hybridized carbons (Fsp3) is 0.312. The van der Waals surface area contributed by atoms with E-state index in [1.807, 2.05) is 18.2 Å². The summed E-state index contributed by atoms with van der Waals surface area (Å²) in [5, 5.41) is 6.50. The third-order valence-corrected chi connectivity index (χ3v) is 5.07. The predicted octanol–water partition coefficient (Wildman–Crippen LogP) is 4.52. The smallest absolute Gasteiger partial charge is 0.194 e. The maximum atomic E-state index is 6.26. The van der Waals surface area contributed by atoms with E-state index in [4.69, 9.17) is 11.6 Å². The van der Waals surface area contributed by atoms with Crippen LogP contribution in [0.5, 0.6) is 0 Å². The number of hydrogen-bond donors (Lipinski definition) is 1. The van der Waals surface area contributed by atoms with Crippen molar-refractivity contribution in [2.45, 2.75) is 33.4 Å². The molecular formula is C16H18ClN3S. The Morgan fingerprint density at radius 3 is 2.86 bits per heavy atom. The highest BCUT2D eigenvalue weighted by Crippen LogP contribution is 2.24. The third kappa shape index (κ3) is 2.71. The molecule has 0 unspecified atom stereocenters. The molecule has 5 heteroatoms. The van der Waals surface area contributed by atoms with Gasteiger partial charge in [0.05, 0.1) is 11.4 Å². The van der Waals surface area contributed by atoms with E-state index in [9.17, 15) is 0 Å². The topological polar surface area (TPSA) is 29.3 Å². The van der Waals surface area contributed by atoms with Gasteiger partial charge in [0.2, 0.25) is 0 Å². The minimum Gasteiger partial charge on any atom is -0.305 e. The van der Waals surface area contributed by atoms with Crippen molar-refractivity contribution < 1.29 is 0 Å². The highest BCUT2D eigenvalue weighted by molar-refractivity contribution is 7.15. The van der Waals surface area contributed by atoms with Gasteiger partial charge in [0.1, 0.15) is 0 Å². The summed E-state index contributed by atoms with van der Waals surface area (Å²) in [6.45, 7) is 7.09. The number of aromatic nitrogens is 2. The van der Waals surface area contributed by atoms with Crippen molar-refractivity contribution in [3.05, 3.63) is 57.3 Å². The summed E-state index contributed by atoms with van der Waals surface area (Å²) in [6, 6.07) is 8.17. The Hall–Kier alpha value is -1.36. The fourth-order valence-corrected chi connectivity index (χ4v) is 3.79. The molecule has 1 atom stereocenters. The van der Waals surface area contributed by atoms with Crippen LogP contribution in [0.25, 0.3) is 4.96 Å². The molecule has 2 aromatic heterocycles. The van der Waals surface area contributed by atoms with Gasteiger partial charge in [-0.2, -0.15) is 0 Å². The molecule has 0 aliphatic carbocycles. The lowest BCUT2D eigenvalue weighted by Gasteiger charge is -2.16. The van der Waals surface area contributed by atoms with E-state index in [2.05, 4.69) is 46.9 Å². The molecule has 21 heavy (non-hydrogen) atoms. The third-order valence-electron chi connectivity index (χ3n) is 3.78. The van der Waals surface area contributed by atoms with Gasteiger partial charge in [-0.05, 0) is 32.4 Å². The van der Waals surface area contributed by atoms with E-state index in [0.29, 0.717) is 0 Å². The summed E-state index contributed by atoms with van der Waals surface area (Å²) in [5.41, 5.74) is 4.67. The molecule has 2 heterocycles. The highest BCUT2D eigenvalue weighted by Gasteiger charge is 2.14. The van der Waals surface area contributed by atoms with Gasteiger partial charge in [-0.1, -0.05) is 29.8 Å². The average molecular weight is 320 g/mol. The number of nitrogens with zero attached hydrogens (tertiary/aromatic N) is 2. The Kier molecular flexibility index (Phi) is 4.02. The molecule has 3 nitrogen and oxygen atoms in total. The number of thiazole rings is 1. The number of hydrogen-bond acceptors (Lipinski definition) is 3. The van der Waals surface area contributed by atoms with E-state index >= 15 is 0 Å². The Labute approximate surface area is 133 Å². The van der Waals surface area contributed by atoms with Crippen LogP contribution < -0.4 is 5.32 Å². The van der Waals surface area contributed by atoms with E-state index in [-0.39, 0.29) is 6.04 Å². The predicted molar refractivity (Wildman–Crippen MR) is 89.2 cm³/mol. The quantitative estimate of drug-likeness (QED) is 0.766. The summed E-state index contributed by atoms with van der Waals surface area (Å²) in [7, 11) is 0. The number of benzene rings is 1. The van der Waals surface area contributed by atoms with Crippen molar-refractivity contribution >= 4 is 27.9 Å². The normalized spacial score (nSPS) is 13.0. The van der Waals surface area contributed by atoms with Crippen molar-refractivity contribution in [1.29, 1.82) is 0 Å². The van der Waals surface area contributed by atoms with Crippen LogP contribution in [0.4, 0.5) is 0 Å². The molecule has 1 aromatic carbocycles. The maximum Gasteiger partial charge on any atom is 0.194 e. The fourth-order valence-electron chi connectivity index (χ4n) is 2.56. The number of halogens is 1. The van der Waals surface area contributed by atoms with Crippen molar-refractivity contribution in [2.75, 3.05) is 0 Å². The highest BCUT2D eigenvalue weighted by atomic mass is 35.5. The number of rotatable bonds is 4. The van der Waals surface area contributed by atoms with Gasteiger partial charge in [0.25, 0.3) is 0 Å². The van der Waals surface area contributed by atoms with Crippen LogP contribution in [-0.4, -0.2) is 9.38 Å². The van der Waals surface area contributed by atoms with Crippen LogP contribution in [0.2, 0.25) is 5.02 Å². The Balaban J connectivity index is 1.82. The first-order valence-electron chi connectivity index (χ1n) is 6.97. The number of aryl methyl sites for hydroxylation is 2. The lowest BCUT2D eigenvalue weighted by atomic mass is 10.1. The second kappa shape index (κ2) is 5.79. The van der Waals surface area contributed by atoms with Crippen LogP contribution >= 0.6 is 22.9 Å². The van der Waals surface area contributed by atoms with E-state index in [1.54, 1.807) is 11.3 Å². The van der Waals surface area contributed by atoms with Crippen LogP contribution in [0.15, 0.2) is 29.6 Å². The van der Waals surface area contributed by atoms with Gasteiger partial charge in [-0.25, -0.2) is 4.98 Å². The Bertz CT molecular complexity index is 775. The summed E-state index contributed by atoms with van der Waals surface area (Å²) in [5.74, 6) is 0. The first-order valence-corrected chi connectivity index (χ1v) is 8.23. The summed E-state index contributed by atoms with van der Waals surface area (Å²) in [6.07, 6.45) is 0. The molecule has 0 aliphatic heterocycles. The van der Waals surface area contributed by atoms with Crippen LogP contribution in [-0.2, 0) is 6.54 Å². The van der Waals surface area contributed by atoms with Crippen LogP contribution in [0.1, 0.15) is 35.6 Å². The summed E-state index contributed by atoms with van der Waals surface area (Å²) < 4.78 is 2.23. The summed E-state index contributed by atoms with van der Waals surface area (Å²) in [4.78, 5) is 5.68. The first kappa shape index (κ1) is 14.6. The number of imidazole rings is 1. The van der Waals surface area contributed by atoms with Crippen LogP contribution in [0.3, 0.4) is 0 Å². The first-order chi connectivity index (χ1) is 10.1. The zero-order valence-electron chi connectivity index (χ0n) is 12.4. The van der Waals surface area contributed by atoms with Crippen LogP contribution in [0, 0.1) is 13.8 Å². The maximum absolute atomic E-state index is 6.26. The minimum absolute atomic E-state index is 0.197. The van der Waals surface area contributed by atoms with Crippen molar-refractivity contribution in [3.63, 3.8) is 0 Å². The zero-order valence-corrected chi connectivity index (χ0v) is 13.9. The lowest BCUT2D eigenvalue weighted by molar-refractivity contribution is 0.564. The van der Waals surface area contributed by atoms with Crippen molar-refractivity contribution in [3.8, 4) is 0 Å². The SMILES string of the molecule is Cc1nc2scc(C)n2c1CN[C@@H](C)c1ccccc1Cl.